The monoisotopic (exact) mass is 518 g/mol. The number of benzene rings is 3. The van der Waals surface area contributed by atoms with Crippen LogP contribution >= 0.6 is 23.4 Å². The lowest BCUT2D eigenvalue weighted by molar-refractivity contribution is -0.123. The Balaban J connectivity index is 1.40. The Hall–Kier alpha value is -3.52. The van der Waals surface area contributed by atoms with Gasteiger partial charge in [-0.25, -0.2) is 0 Å². The normalized spacial score (nSPS) is 18.1. The van der Waals surface area contributed by atoms with E-state index in [4.69, 9.17) is 11.6 Å². The first kappa shape index (κ1) is 24.2. The van der Waals surface area contributed by atoms with Crippen LogP contribution in [-0.4, -0.2) is 37.2 Å². The highest BCUT2D eigenvalue weighted by Gasteiger charge is 2.50. The van der Waals surface area contributed by atoms with Crippen molar-refractivity contribution in [1.82, 2.24) is 4.98 Å². The van der Waals surface area contributed by atoms with Crippen LogP contribution < -0.4 is 4.90 Å². The summed E-state index contributed by atoms with van der Waals surface area (Å²) in [5.41, 5.74) is 3.88. The summed E-state index contributed by atoms with van der Waals surface area (Å²) in [5.74, 6) is 0.0288. The molecule has 0 unspecified atom stereocenters. The number of aromatic hydroxyl groups is 2. The van der Waals surface area contributed by atoms with Crippen LogP contribution in [0.25, 0.3) is 11.1 Å². The van der Waals surface area contributed by atoms with Crippen molar-refractivity contribution in [3.05, 3.63) is 107 Å². The molecular weight excluding hydrogens is 496 g/mol. The van der Waals surface area contributed by atoms with Gasteiger partial charge in [-0.05, 0) is 59.2 Å². The molecule has 1 aliphatic heterocycles. The summed E-state index contributed by atoms with van der Waals surface area (Å²) in [4.78, 5) is 19.1. The molecule has 6 nitrogen and oxygen atoms in total. The maximum Gasteiger partial charge on any atom is 0.243 e. The minimum atomic E-state index is -0.776. The molecule has 1 saturated heterocycles. The third-order valence-corrected chi connectivity index (χ3v) is 7.79. The second-order valence-electron chi connectivity index (χ2n) is 8.51. The van der Waals surface area contributed by atoms with Gasteiger partial charge >= 0.3 is 0 Å². The number of nitrogens with zero attached hydrogens (tertiary/aromatic N) is 2. The number of amides is 1. The molecule has 3 N–H and O–H groups in total. The minimum Gasteiger partial charge on any atom is -0.508 e. The summed E-state index contributed by atoms with van der Waals surface area (Å²) < 4.78 is 0. The van der Waals surface area contributed by atoms with E-state index < -0.39 is 17.4 Å². The van der Waals surface area contributed by atoms with Crippen molar-refractivity contribution in [3.63, 3.8) is 0 Å². The summed E-state index contributed by atoms with van der Waals surface area (Å²) in [5, 5.41) is 31.1. The van der Waals surface area contributed by atoms with E-state index in [0.29, 0.717) is 27.6 Å². The standard InChI is InChI=1S/C28H23ClN2O4S/c29-20-7-3-18(4-8-20)25(34)16-36-27-26(23-12-11-22(32)14-24(23)33)31(28(27)35)21-9-5-17(6-10-21)19-2-1-13-30-15-19/h1-15,25-27,32-34H,16H2/t25-,26-,27-/m1/s1. The number of rotatable bonds is 7. The van der Waals surface area contributed by atoms with Crippen LogP contribution in [0, 0.1) is 0 Å². The van der Waals surface area contributed by atoms with Gasteiger partial charge in [0, 0.05) is 40.5 Å². The number of phenols is 2. The predicted molar refractivity (Wildman–Crippen MR) is 142 cm³/mol. The number of aromatic nitrogens is 1. The molecule has 8 heteroatoms. The molecule has 0 spiro atoms. The van der Waals surface area contributed by atoms with Gasteiger partial charge in [0.05, 0.1) is 12.1 Å². The fourth-order valence-corrected chi connectivity index (χ4v) is 5.74. The quantitative estimate of drug-likeness (QED) is 0.270. The lowest BCUT2D eigenvalue weighted by Crippen LogP contribution is -2.57. The Morgan fingerprint density at radius 2 is 1.72 bits per heavy atom. The molecule has 0 bridgehead atoms. The third kappa shape index (κ3) is 4.78. The van der Waals surface area contributed by atoms with Gasteiger partial charge in [-0.1, -0.05) is 41.9 Å². The maximum atomic E-state index is 13.3. The van der Waals surface area contributed by atoms with E-state index in [1.807, 2.05) is 36.4 Å². The molecule has 4 aromatic rings. The average molecular weight is 519 g/mol. The summed E-state index contributed by atoms with van der Waals surface area (Å²) in [7, 11) is 0. The van der Waals surface area contributed by atoms with Crippen molar-refractivity contribution in [2.24, 2.45) is 0 Å². The van der Waals surface area contributed by atoms with Crippen molar-refractivity contribution >= 4 is 35.0 Å². The number of aliphatic hydroxyl groups excluding tert-OH is 1. The van der Waals surface area contributed by atoms with E-state index >= 15 is 0 Å². The Bertz CT molecular complexity index is 1370. The summed E-state index contributed by atoms with van der Waals surface area (Å²) >= 11 is 7.28. The van der Waals surface area contributed by atoms with Crippen molar-refractivity contribution < 1.29 is 20.1 Å². The summed E-state index contributed by atoms with van der Waals surface area (Å²) in [6, 6.07) is 22.3. The first-order chi connectivity index (χ1) is 17.4. The highest BCUT2D eigenvalue weighted by atomic mass is 35.5. The zero-order valence-corrected chi connectivity index (χ0v) is 20.6. The van der Waals surface area contributed by atoms with Crippen molar-refractivity contribution in [1.29, 1.82) is 0 Å². The van der Waals surface area contributed by atoms with E-state index in [-0.39, 0.29) is 17.4 Å². The first-order valence-electron chi connectivity index (χ1n) is 11.3. The van der Waals surface area contributed by atoms with E-state index in [9.17, 15) is 20.1 Å². The topological polar surface area (TPSA) is 93.9 Å². The molecule has 1 fully saturated rings. The summed E-state index contributed by atoms with van der Waals surface area (Å²) in [6.45, 7) is 0. The Labute approximate surface area is 217 Å². The van der Waals surface area contributed by atoms with Crippen molar-refractivity contribution in [2.45, 2.75) is 17.4 Å². The summed E-state index contributed by atoms with van der Waals surface area (Å²) in [6.07, 6.45) is 2.72. The fraction of sp³-hybridized carbons (Fsp3) is 0.143. The van der Waals surface area contributed by atoms with Crippen LogP contribution in [0.3, 0.4) is 0 Å². The molecule has 3 aromatic carbocycles. The molecule has 0 aliphatic carbocycles. The van der Waals surface area contributed by atoms with E-state index in [1.54, 1.807) is 47.6 Å². The van der Waals surface area contributed by atoms with Gasteiger partial charge in [-0.15, -0.1) is 11.8 Å². The van der Waals surface area contributed by atoms with Gasteiger partial charge in [0.2, 0.25) is 5.91 Å². The lowest BCUT2D eigenvalue weighted by atomic mass is 9.91. The smallest absolute Gasteiger partial charge is 0.243 e. The minimum absolute atomic E-state index is 0.0587. The molecule has 1 aromatic heterocycles. The van der Waals surface area contributed by atoms with Gasteiger partial charge in [0.25, 0.3) is 0 Å². The molecular formula is C28H23ClN2O4S. The largest absolute Gasteiger partial charge is 0.508 e. The second kappa shape index (κ2) is 10.2. The van der Waals surface area contributed by atoms with Crippen LogP contribution in [0.5, 0.6) is 11.5 Å². The van der Waals surface area contributed by atoms with Gasteiger partial charge in [0.15, 0.2) is 0 Å². The number of hydrogen-bond donors (Lipinski definition) is 3. The van der Waals surface area contributed by atoms with Crippen LogP contribution in [0.4, 0.5) is 5.69 Å². The molecule has 1 amide bonds. The maximum absolute atomic E-state index is 13.3. The van der Waals surface area contributed by atoms with Gasteiger partial charge in [-0.3, -0.25) is 9.78 Å². The van der Waals surface area contributed by atoms with E-state index in [1.165, 1.54) is 23.9 Å². The third-order valence-electron chi connectivity index (χ3n) is 6.21. The molecule has 1 aliphatic rings. The zero-order valence-electron chi connectivity index (χ0n) is 19.0. The molecule has 0 saturated carbocycles. The van der Waals surface area contributed by atoms with Crippen molar-refractivity contribution in [2.75, 3.05) is 10.7 Å². The Morgan fingerprint density at radius 1 is 0.972 bits per heavy atom. The number of carbonyl (C=O) groups is 1. The van der Waals surface area contributed by atoms with Crippen molar-refractivity contribution in [3.8, 4) is 22.6 Å². The van der Waals surface area contributed by atoms with Crippen LogP contribution in [0.15, 0.2) is 91.3 Å². The number of anilines is 1. The fourth-order valence-electron chi connectivity index (χ4n) is 4.32. The number of β-lactam (4-membered cyclic amide) rings is 1. The lowest BCUT2D eigenvalue weighted by Gasteiger charge is -2.47. The molecule has 3 atom stereocenters. The number of halogens is 1. The Kier molecular flexibility index (Phi) is 6.87. The first-order valence-corrected chi connectivity index (χ1v) is 12.8. The molecule has 5 rings (SSSR count). The highest BCUT2D eigenvalue weighted by Crippen LogP contribution is 2.48. The number of pyridine rings is 1. The number of hydrogen-bond acceptors (Lipinski definition) is 6. The number of phenolic OH excluding ortho intramolecular Hbond substituents is 2. The van der Waals surface area contributed by atoms with Crippen LogP contribution in [0.1, 0.15) is 23.3 Å². The zero-order chi connectivity index (χ0) is 25.2. The molecule has 2 heterocycles. The Morgan fingerprint density at radius 3 is 2.39 bits per heavy atom. The molecule has 182 valence electrons. The molecule has 0 radical (unpaired) electrons. The number of carbonyl (C=O) groups excluding carboxylic acids is 1. The van der Waals surface area contributed by atoms with E-state index in [0.717, 1.165) is 11.1 Å². The second-order valence-corrected chi connectivity index (χ2v) is 10.1. The van der Waals surface area contributed by atoms with E-state index in [2.05, 4.69) is 4.98 Å². The predicted octanol–water partition coefficient (Wildman–Crippen LogP) is 5.74. The SMILES string of the molecule is O=C1[C@H](SC[C@@H](O)c2ccc(Cl)cc2)[C@@H](c2ccc(O)cc2O)N1c1ccc(-c2cccnc2)cc1. The van der Waals surface area contributed by atoms with Crippen LogP contribution in [0.2, 0.25) is 5.02 Å². The van der Waals surface area contributed by atoms with Gasteiger partial charge < -0.3 is 20.2 Å². The van der Waals surface area contributed by atoms with Gasteiger partial charge in [0.1, 0.15) is 16.7 Å². The molecule has 36 heavy (non-hydrogen) atoms. The van der Waals surface area contributed by atoms with Crippen LogP contribution in [-0.2, 0) is 4.79 Å². The van der Waals surface area contributed by atoms with Gasteiger partial charge in [-0.2, -0.15) is 0 Å². The average Bonchev–Trinajstić information content (AvgIpc) is 2.89. The number of aliphatic hydroxyl groups is 1. The highest BCUT2D eigenvalue weighted by molar-refractivity contribution is 8.00. The number of thioether (sulfide) groups is 1.